The summed E-state index contributed by atoms with van der Waals surface area (Å²) >= 11 is 0. The topological polar surface area (TPSA) is 26.3 Å². The quantitative estimate of drug-likeness (QED) is 0.537. The van der Waals surface area contributed by atoms with Crippen LogP contribution in [0.5, 0.6) is 0 Å². The SMILES string of the molecule is CC(C)(C)C1OC(=O)C2C1C2(C)C. The van der Waals surface area contributed by atoms with Crippen molar-refractivity contribution in [3.8, 4) is 0 Å². The van der Waals surface area contributed by atoms with Crippen LogP contribution in [-0.4, -0.2) is 12.1 Å². The highest BCUT2D eigenvalue weighted by Gasteiger charge is 2.72. The molecule has 0 bridgehead atoms. The summed E-state index contributed by atoms with van der Waals surface area (Å²) < 4.78 is 5.38. The van der Waals surface area contributed by atoms with Gasteiger partial charge in [0.1, 0.15) is 6.10 Å². The monoisotopic (exact) mass is 182 g/mol. The van der Waals surface area contributed by atoms with Crippen molar-refractivity contribution in [2.24, 2.45) is 22.7 Å². The fourth-order valence-corrected chi connectivity index (χ4v) is 2.68. The van der Waals surface area contributed by atoms with Crippen LogP contribution in [0.2, 0.25) is 0 Å². The van der Waals surface area contributed by atoms with Crippen LogP contribution < -0.4 is 0 Å². The van der Waals surface area contributed by atoms with E-state index in [0.717, 1.165) is 0 Å². The van der Waals surface area contributed by atoms with E-state index in [0.29, 0.717) is 5.92 Å². The minimum Gasteiger partial charge on any atom is -0.461 e. The van der Waals surface area contributed by atoms with E-state index in [1.54, 1.807) is 0 Å². The molecule has 2 aliphatic rings. The molecule has 0 aromatic heterocycles. The van der Waals surface area contributed by atoms with E-state index >= 15 is 0 Å². The van der Waals surface area contributed by atoms with Gasteiger partial charge in [0.05, 0.1) is 5.92 Å². The van der Waals surface area contributed by atoms with E-state index < -0.39 is 0 Å². The van der Waals surface area contributed by atoms with Crippen LogP contribution in [0.15, 0.2) is 0 Å². The highest BCUT2D eigenvalue weighted by Crippen LogP contribution is 2.67. The smallest absolute Gasteiger partial charge is 0.310 e. The molecule has 0 aromatic carbocycles. The van der Waals surface area contributed by atoms with Crippen molar-refractivity contribution < 1.29 is 9.53 Å². The Morgan fingerprint density at radius 1 is 1.31 bits per heavy atom. The van der Waals surface area contributed by atoms with Crippen molar-refractivity contribution in [3.63, 3.8) is 0 Å². The fourth-order valence-electron chi connectivity index (χ4n) is 2.68. The Kier molecular flexibility index (Phi) is 1.46. The second-order valence-electron chi connectivity index (χ2n) is 6.05. The Morgan fingerprint density at radius 2 is 1.85 bits per heavy atom. The van der Waals surface area contributed by atoms with Gasteiger partial charge in [-0.3, -0.25) is 4.79 Å². The maximum atomic E-state index is 11.5. The molecule has 1 saturated carbocycles. The average Bonchev–Trinajstić information content (AvgIpc) is 2.35. The average molecular weight is 182 g/mol. The molecule has 1 aliphatic carbocycles. The van der Waals surface area contributed by atoms with Gasteiger partial charge in [0, 0.05) is 5.92 Å². The summed E-state index contributed by atoms with van der Waals surface area (Å²) in [6.07, 6.45) is 0.125. The van der Waals surface area contributed by atoms with Crippen LogP contribution in [0.3, 0.4) is 0 Å². The first-order valence-electron chi connectivity index (χ1n) is 4.97. The van der Waals surface area contributed by atoms with E-state index in [4.69, 9.17) is 4.74 Å². The molecule has 0 amide bonds. The molecule has 0 spiro atoms. The van der Waals surface area contributed by atoms with Gasteiger partial charge in [0.25, 0.3) is 0 Å². The number of fused-ring (bicyclic) bond motifs is 1. The van der Waals surface area contributed by atoms with E-state index in [1.165, 1.54) is 0 Å². The number of cyclic esters (lactones) is 1. The molecule has 0 aromatic rings. The summed E-state index contributed by atoms with van der Waals surface area (Å²) in [6.45, 7) is 10.8. The Bertz CT molecular complexity index is 260. The lowest BCUT2D eigenvalue weighted by Crippen LogP contribution is -2.32. The third-order valence-corrected chi connectivity index (χ3v) is 3.59. The van der Waals surface area contributed by atoms with Crippen LogP contribution in [0, 0.1) is 22.7 Å². The second-order valence-corrected chi connectivity index (χ2v) is 6.05. The molecular formula is C11H18O2. The summed E-state index contributed by atoms with van der Waals surface area (Å²) in [5.74, 6) is 0.659. The lowest BCUT2D eigenvalue weighted by Gasteiger charge is -2.29. The number of carbonyl (C=O) groups excluding carboxylic acids is 1. The van der Waals surface area contributed by atoms with Gasteiger partial charge in [0.2, 0.25) is 0 Å². The van der Waals surface area contributed by atoms with Gasteiger partial charge in [-0.25, -0.2) is 0 Å². The van der Waals surface area contributed by atoms with Gasteiger partial charge in [-0.2, -0.15) is 0 Å². The zero-order valence-electron chi connectivity index (χ0n) is 9.05. The van der Waals surface area contributed by atoms with Crippen LogP contribution in [0.25, 0.3) is 0 Å². The number of carbonyl (C=O) groups is 1. The molecule has 0 radical (unpaired) electrons. The van der Waals surface area contributed by atoms with Crippen LogP contribution in [0.1, 0.15) is 34.6 Å². The largest absolute Gasteiger partial charge is 0.461 e. The molecule has 2 fully saturated rings. The molecule has 2 nitrogen and oxygen atoms in total. The van der Waals surface area contributed by atoms with E-state index in [1.807, 2.05) is 0 Å². The zero-order chi connectivity index (χ0) is 10.0. The molecule has 0 N–H and O–H groups in total. The first kappa shape index (κ1) is 9.04. The summed E-state index contributed by atoms with van der Waals surface area (Å²) in [4.78, 5) is 11.5. The lowest BCUT2D eigenvalue weighted by atomic mass is 9.84. The maximum Gasteiger partial charge on any atom is 0.310 e. The van der Waals surface area contributed by atoms with Crippen LogP contribution in [0.4, 0.5) is 0 Å². The summed E-state index contributed by atoms with van der Waals surface area (Å²) in [7, 11) is 0. The molecule has 2 heteroatoms. The van der Waals surface area contributed by atoms with E-state index in [2.05, 4.69) is 34.6 Å². The third kappa shape index (κ3) is 1.04. The van der Waals surface area contributed by atoms with Gasteiger partial charge in [0.15, 0.2) is 0 Å². The van der Waals surface area contributed by atoms with E-state index in [-0.39, 0.29) is 28.8 Å². The molecule has 2 rings (SSSR count). The first-order valence-corrected chi connectivity index (χ1v) is 4.97. The van der Waals surface area contributed by atoms with Gasteiger partial charge in [-0.15, -0.1) is 0 Å². The lowest BCUT2D eigenvalue weighted by molar-refractivity contribution is -0.152. The number of ether oxygens (including phenoxy) is 1. The number of esters is 1. The number of rotatable bonds is 0. The minimum atomic E-state index is 0.0231. The van der Waals surface area contributed by atoms with Crippen molar-refractivity contribution in [3.05, 3.63) is 0 Å². The maximum absolute atomic E-state index is 11.5. The molecule has 74 valence electrons. The molecule has 1 heterocycles. The summed E-state index contributed by atoms with van der Waals surface area (Å²) in [6, 6.07) is 0. The standard InChI is InChI=1S/C11H18O2/c1-10(2,3)8-6-7(9(12)13-8)11(6,4)5/h6-8H,1-5H3. The first-order chi connectivity index (χ1) is 5.76. The van der Waals surface area contributed by atoms with Gasteiger partial charge in [-0.05, 0) is 10.8 Å². The molecule has 3 atom stereocenters. The van der Waals surface area contributed by atoms with Crippen molar-refractivity contribution in [1.29, 1.82) is 0 Å². The fraction of sp³-hybridized carbons (Fsp3) is 0.909. The molecule has 13 heavy (non-hydrogen) atoms. The highest BCUT2D eigenvalue weighted by molar-refractivity contribution is 5.81. The molecule has 1 aliphatic heterocycles. The van der Waals surface area contributed by atoms with Gasteiger partial charge < -0.3 is 4.74 Å². The highest BCUT2D eigenvalue weighted by atomic mass is 16.6. The van der Waals surface area contributed by atoms with Gasteiger partial charge >= 0.3 is 5.97 Å². The van der Waals surface area contributed by atoms with Crippen LogP contribution in [-0.2, 0) is 9.53 Å². The third-order valence-electron chi connectivity index (χ3n) is 3.59. The predicted octanol–water partition coefficient (Wildman–Crippen LogP) is 2.23. The van der Waals surface area contributed by atoms with Gasteiger partial charge in [-0.1, -0.05) is 34.6 Å². The number of hydrogen-bond acceptors (Lipinski definition) is 2. The van der Waals surface area contributed by atoms with Crippen molar-refractivity contribution in [2.45, 2.75) is 40.7 Å². The van der Waals surface area contributed by atoms with Crippen molar-refractivity contribution >= 4 is 5.97 Å². The van der Waals surface area contributed by atoms with Crippen molar-refractivity contribution in [1.82, 2.24) is 0 Å². The molecule has 1 saturated heterocycles. The number of hydrogen-bond donors (Lipinski definition) is 0. The van der Waals surface area contributed by atoms with E-state index in [9.17, 15) is 4.79 Å². The minimum absolute atomic E-state index is 0.0231. The predicted molar refractivity (Wildman–Crippen MR) is 50.1 cm³/mol. The second kappa shape index (κ2) is 2.10. The van der Waals surface area contributed by atoms with Crippen molar-refractivity contribution in [2.75, 3.05) is 0 Å². The Labute approximate surface area is 79.7 Å². The molecule has 3 unspecified atom stereocenters. The van der Waals surface area contributed by atoms with Crippen LogP contribution >= 0.6 is 0 Å². The summed E-state index contributed by atoms with van der Waals surface area (Å²) in [5.41, 5.74) is 0.274. The Hall–Kier alpha value is -0.530. The Morgan fingerprint density at radius 3 is 2.08 bits per heavy atom. The molecular weight excluding hydrogens is 164 g/mol. The zero-order valence-corrected chi connectivity index (χ0v) is 9.05. The normalized spacial score (nSPS) is 41.3. The summed E-state index contributed by atoms with van der Waals surface area (Å²) in [5, 5.41) is 0. The Balaban J connectivity index is 2.24.